The number of rotatable bonds is 7. The third kappa shape index (κ3) is 4.82. The number of para-hydroxylation sites is 1. The Kier molecular flexibility index (Phi) is 6.53. The summed E-state index contributed by atoms with van der Waals surface area (Å²) in [6, 6.07) is 16.0. The van der Waals surface area contributed by atoms with E-state index in [1.54, 1.807) is 7.11 Å². The monoisotopic (exact) mass is 409 g/mol. The van der Waals surface area contributed by atoms with Gasteiger partial charge in [0.15, 0.2) is 0 Å². The van der Waals surface area contributed by atoms with Gasteiger partial charge in [0.2, 0.25) is 0 Å². The second kappa shape index (κ2) is 9.47. The normalized spacial score (nSPS) is 16.7. The van der Waals surface area contributed by atoms with Crippen molar-refractivity contribution < 1.29 is 4.74 Å². The molecule has 1 unspecified atom stereocenters. The molecule has 0 radical (unpaired) electrons. The van der Waals surface area contributed by atoms with E-state index in [1.807, 2.05) is 24.3 Å². The number of nitrogens with one attached hydrogen (secondary N) is 2. The molecule has 29 heavy (non-hydrogen) atoms. The summed E-state index contributed by atoms with van der Waals surface area (Å²) in [5.74, 6) is 1.58. The lowest BCUT2D eigenvalue weighted by molar-refractivity contribution is 0.353. The molecule has 4 rings (SSSR count). The number of nitrogens with zero attached hydrogens (tertiary/aromatic N) is 1. The minimum absolute atomic E-state index is 0.673. The predicted octanol–water partition coefficient (Wildman–Crippen LogP) is 5.76. The van der Waals surface area contributed by atoms with Crippen LogP contribution in [-0.4, -0.2) is 31.7 Å². The fourth-order valence-corrected chi connectivity index (χ4v) is 4.30. The molecule has 0 bridgehead atoms. The van der Waals surface area contributed by atoms with Crippen LogP contribution in [-0.2, 0) is 0 Å². The van der Waals surface area contributed by atoms with Crippen molar-refractivity contribution in [2.24, 2.45) is 5.92 Å². The number of methoxy groups -OCH3 is 1. The molecule has 152 valence electrons. The van der Waals surface area contributed by atoms with Crippen LogP contribution in [0.4, 0.5) is 5.69 Å². The molecule has 4 nitrogen and oxygen atoms in total. The summed E-state index contributed by atoms with van der Waals surface area (Å²) in [6.07, 6.45) is 5.08. The number of benzene rings is 2. The number of hydrogen-bond acceptors (Lipinski definition) is 4. The summed E-state index contributed by atoms with van der Waals surface area (Å²) in [5, 5.41) is 8.97. The number of aromatic nitrogens is 1. The molecular weight excluding hydrogens is 382 g/mol. The molecule has 0 amide bonds. The fraction of sp³-hybridized carbons (Fsp3) is 0.375. The van der Waals surface area contributed by atoms with Crippen molar-refractivity contribution in [2.75, 3.05) is 32.1 Å². The molecule has 0 spiro atoms. The van der Waals surface area contributed by atoms with Gasteiger partial charge in [-0.25, -0.2) is 4.98 Å². The Morgan fingerprint density at radius 2 is 2.10 bits per heavy atom. The van der Waals surface area contributed by atoms with Gasteiger partial charge >= 0.3 is 0 Å². The third-order valence-electron chi connectivity index (χ3n) is 5.66. The Labute approximate surface area is 177 Å². The summed E-state index contributed by atoms with van der Waals surface area (Å²) < 4.78 is 5.55. The SMILES string of the molecule is COc1ccc(Cl)cc1-c1cc(NCCCC2CCCNC2)c2ccccc2n1. The van der Waals surface area contributed by atoms with Crippen LogP contribution in [0.1, 0.15) is 25.7 Å². The lowest BCUT2D eigenvalue weighted by Gasteiger charge is -2.22. The fourth-order valence-electron chi connectivity index (χ4n) is 4.12. The molecule has 3 aromatic rings. The smallest absolute Gasteiger partial charge is 0.128 e. The zero-order valence-corrected chi connectivity index (χ0v) is 17.6. The lowest BCUT2D eigenvalue weighted by atomic mass is 9.95. The molecule has 1 fully saturated rings. The first-order chi connectivity index (χ1) is 14.2. The minimum Gasteiger partial charge on any atom is -0.496 e. The van der Waals surface area contributed by atoms with Gasteiger partial charge in [-0.05, 0) is 75.0 Å². The molecule has 2 aromatic carbocycles. The number of ether oxygens (including phenoxy) is 1. The molecule has 5 heteroatoms. The van der Waals surface area contributed by atoms with Gasteiger partial charge in [0.05, 0.1) is 18.3 Å². The summed E-state index contributed by atoms with van der Waals surface area (Å²) in [5.41, 5.74) is 3.84. The van der Waals surface area contributed by atoms with Gasteiger partial charge in [-0.1, -0.05) is 29.8 Å². The zero-order chi connectivity index (χ0) is 20.1. The van der Waals surface area contributed by atoms with Crippen LogP contribution in [0.25, 0.3) is 22.2 Å². The van der Waals surface area contributed by atoms with Crippen molar-refractivity contribution in [2.45, 2.75) is 25.7 Å². The van der Waals surface area contributed by atoms with Crippen LogP contribution in [0.3, 0.4) is 0 Å². The van der Waals surface area contributed by atoms with E-state index in [2.05, 4.69) is 34.9 Å². The highest BCUT2D eigenvalue weighted by atomic mass is 35.5. The van der Waals surface area contributed by atoms with E-state index in [4.69, 9.17) is 21.3 Å². The Hall–Kier alpha value is -2.30. The van der Waals surface area contributed by atoms with E-state index in [0.717, 1.165) is 52.6 Å². The number of halogens is 1. The second-order valence-electron chi connectivity index (χ2n) is 7.70. The highest BCUT2D eigenvalue weighted by Gasteiger charge is 2.14. The Morgan fingerprint density at radius 3 is 2.93 bits per heavy atom. The maximum Gasteiger partial charge on any atom is 0.128 e. The van der Waals surface area contributed by atoms with Gasteiger partial charge < -0.3 is 15.4 Å². The summed E-state index contributed by atoms with van der Waals surface area (Å²) in [6.45, 7) is 3.29. The lowest BCUT2D eigenvalue weighted by Crippen LogP contribution is -2.29. The molecule has 0 aliphatic carbocycles. The highest BCUT2D eigenvalue weighted by Crippen LogP contribution is 2.35. The number of piperidine rings is 1. The summed E-state index contributed by atoms with van der Waals surface area (Å²) in [4.78, 5) is 4.87. The summed E-state index contributed by atoms with van der Waals surface area (Å²) in [7, 11) is 1.67. The quantitative estimate of drug-likeness (QED) is 0.487. The molecule has 2 N–H and O–H groups in total. The molecule has 1 aliphatic heterocycles. The first-order valence-electron chi connectivity index (χ1n) is 10.4. The zero-order valence-electron chi connectivity index (χ0n) is 16.9. The maximum absolute atomic E-state index is 6.25. The minimum atomic E-state index is 0.673. The molecule has 0 saturated carbocycles. The van der Waals surface area contributed by atoms with Gasteiger partial charge in [-0.15, -0.1) is 0 Å². The largest absolute Gasteiger partial charge is 0.496 e. The van der Waals surface area contributed by atoms with Crippen LogP contribution < -0.4 is 15.4 Å². The predicted molar refractivity (Wildman–Crippen MR) is 122 cm³/mol. The first kappa shape index (κ1) is 20.0. The number of hydrogen-bond donors (Lipinski definition) is 2. The Morgan fingerprint density at radius 1 is 1.21 bits per heavy atom. The van der Waals surface area contributed by atoms with E-state index >= 15 is 0 Å². The van der Waals surface area contributed by atoms with Crippen molar-refractivity contribution in [3.05, 3.63) is 53.6 Å². The Bertz CT molecular complexity index is 969. The van der Waals surface area contributed by atoms with Crippen LogP contribution in [0.15, 0.2) is 48.5 Å². The first-order valence-corrected chi connectivity index (χ1v) is 10.8. The van der Waals surface area contributed by atoms with E-state index in [9.17, 15) is 0 Å². The molecule has 1 aliphatic rings. The van der Waals surface area contributed by atoms with Crippen LogP contribution in [0, 0.1) is 5.92 Å². The van der Waals surface area contributed by atoms with Gasteiger partial charge in [-0.2, -0.15) is 0 Å². The van der Waals surface area contributed by atoms with Gasteiger partial charge in [0, 0.05) is 28.2 Å². The molecular formula is C24H28ClN3O. The highest BCUT2D eigenvalue weighted by molar-refractivity contribution is 6.31. The van der Waals surface area contributed by atoms with E-state index in [1.165, 1.54) is 32.2 Å². The van der Waals surface area contributed by atoms with Crippen molar-refractivity contribution in [1.82, 2.24) is 10.3 Å². The average Bonchev–Trinajstić information content (AvgIpc) is 2.77. The average molecular weight is 410 g/mol. The van der Waals surface area contributed by atoms with Crippen LogP contribution in [0.5, 0.6) is 5.75 Å². The van der Waals surface area contributed by atoms with Gasteiger partial charge in [0.25, 0.3) is 0 Å². The summed E-state index contributed by atoms with van der Waals surface area (Å²) >= 11 is 6.25. The third-order valence-corrected chi connectivity index (χ3v) is 5.89. The molecule has 1 atom stereocenters. The van der Waals surface area contributed by atoms with Crippen molar-refractivity contribution >= 4 is 28.2 Å². The van der Waals surface area contributed by atoms with Crippen molar-refractivity contribution in [3.8, 4) is 17.0 Å². The van der Waals surface area contributed by atoms with E-state index < -0.39 is 0 Å². The molecule has 1 aromatic heterocycles. The van der Waals surface area contributed by atoms with Crippen molar-refractivity contribution in [3.63, 3.8) is 0 Å². The van der Waals surface area contributed by atoms with Crippen LogP contribution in [0.2, 0.25) is 5.02 Å². The van der Waals surface area contributed by atoms with Crippen LogP contribution >= 0.6 is 11.6 Å². The van der Waals surface area contributed by atoms with Gasteiger partial charge in [0.1, 0.15) is 5.75 Å². The second-order valence-corrected chi connectivity index (χ2v) is 8.13. The maximum atomic E-state index is 6.25. The van der Waals surface area contributed by atoms with Gasteiger partial charge in [-0.3, -0.25) is 0 Å². The van der Waals surface area contributed by atoms with E-state index in [-0.39, 0.29) is 0 Å². The topological polar surface area (TPSA) is 46.2 Å². The number of fused-ring (bicyclic) bond motifs is 1. The standard InChI is InChI=1S/C24H28ClN3O/c1-29-24-11-10-18(25)14-20(24)23-15-22(19-8-2-3-9-21(19)28-23)27-13-5-7-17-6-4-12-26-16-17/h2-3,8-11,14-15,17,26H,4-7,12-13,16H2,1H3,(H,27,28). The number of pyridine rings is 1. The molecule has 1 saturated heterocycles. The number of anilines is 1. The Balaban J connectivity index is 1.57. The molecule has 2 heterocycles. The van der Waals surface area contributed by atoms with E-state index in [0.29, 0.717) is 5.02 Å². The van der Waals surface area contributed by atoms with Crippen molar-refractivity contribution in [1.29, 1.82) is 0 Å².